The van der Waals surface area contributed by atoms with E-state index in [2.05, 4.69) is 36.4 Å². The summed E-state index contributed by atoms with van der Waals surface area (Å²) in [7, 11) is 1.50. The first-order chi connectivity index (χ1) is 13.1. The normalized spacial score (nSPS) is 25.0. The van der Waals surface area contributed by atoms with Crippen LogP contribution in [0.1, 0.15) is 46.5 Å². The van der Waals surface area contributed by atoms with Gasteiger partial charge in [-0.2, -0.15) is 0 Å². The average Bonchev–Trinajstić information content (AvgIpc) is 2.86. The summed E-state index contributed by atoms with van der Waals surface area (Å²) in [6.45, 7) is 6.29. The number of aromatic nitrogens is 1. The number of hydrogen-bond acceptors (Lipinski definition) is 5. The van der Waals surface area contributed by atoms with Crippen LogP contribution in [0.15, 0.2) is 18.3 Å². The van der Waals surface area contributed by atoms with Gasteiger partial charge in [0.2, 0.25) is 11.8 Å². The molecule has 4 amide bonds. The van der Waals surface area contributed by atoms with Crippen LogP contribution in [0.5, 0.6) is 5.88 Å². The molecule has 1 aliphatic heterocycles. The van der Waals surface area contributed by atoms with Gasteiger partial charge in [0.1, 0.15) is 12.1 Å². The highest BCUT2D eigenvalue weighted by molar-refractivity contribution is 6.10. The molecule has 0 bridgehead atoms. The molecule has 1 aliphatic carbocycles. The topological polar surface area (TPSA) is 101 Å². The maximum Gasteiger partial charge on any atom is 0.325 e. The maximum atomic E-state index is 13.0. The van der Waals surface area contributed by atoms with Crippen LogP contribution in [-0.2, 0) is 9.59 Å². The molecule has 3 rings (SSSR count). The third-order valence-electron chi connectivity index (χ3n) is 5.84. The Labute approximate surface area is 165 Å². The maximum absolute atomic E-state index is 13.0. The molecule has 0 radical (unpaired) electrons. The Morgan fingerprint density at radius 1 is 1.32 bits per heavy atom. The first-order valence-corrected chi connectivity index (χ1v) is 9.59. The predicted molar refractivity (Wildman–Crippen MR) is 104 cm³/mol. The number of ether oxygens (including phenoxy) is 1. The van der Waals surface area contributed by atoms with Crippen LogP contribution in [0.25, 0.3) is 0 Å². The van der Waals surface area contributed by atoms with Crippen molar-refractivity contribution < 1.29 is 19.1 Å². The smallest absolute Gasteiger partial charge is 0.325 e. The summed E-state index contributed by atoms with van der Waals surface area (Å²) in [6, 6.07) is 2.76. The van der Waals surface area contributed by atoms with E-state index in [0.29, 0.717) is 30.3 Å². The molecular weight excluding hydrogens is 360 g/mol. The fourth-order valence-corrected chi connectivity index (χ4v) is 4.05. The van der Waals surface area contributed by atoms with Crippen LogP contribution in [0.2, 0.25) is 0 Å². The van der Waals surface area contributed by atoms with Crippen molar-refractivity contribution >= 4 is 23.5 Å². The molecule has 0 atom stereocenters. The SMILES string of the molecule is COc1ccc(NC(=O)CN2C(=O)NC3(CCC(C(C)(C)C)CC3)C2=O)cn1. The van der Waals surface area contributed by atoms with Gasteiger partial charge in [0, 0.05) is 6.07 Å². The predicted octanol–water partition coefficient (Wildman–Crippen LogP) is 2.56. The van der Waals surface area contributed by atoms with Crippen molar-refractivity contribution in [3.05, 3.63) is 18.3 Å². The van der Waals surface area contributed by atoms with Crippen LogP contribution in [0, 0.1) is 11.3 Å². The van der Waals surface area contributed by atoms with Crippen molar-refractivity contribution in [1.82, 2.24) is 15.2 Å². The number of pyridine rings is 1. The Kier molecular flexibility index (Phi) is 5.32. The Morgan fingerprint density at radius 3 is 2.54 bits per heavy atom. The number of carbonyl (C=O) groups is 3. The minimum atomic E-state index is -0.860. The zero-order valence-corrected chi connectivity index (χ0v) is 16.9. The number of nitrogens with one attached hydrogen (secondary N) is 2. The monoisotopic (exact) mass is 388 g/mol. The van der Waals surface area contributed by atoms with Gasteiger partial charge in [-0.15, -0.1) is 0 Å². The van der Waals surface area contributed by atoms with Gasteiger partial charge in [-0.3, -0.25) is 14.5 Å². The van der Waals surface area contributed by atoms with E-state index in [9.17, 15) is 14.4 Å². The zero-order chi connectivity index (χ0) is 20.5. The van der Waals surface area contributed by atoms with Crippen molar-refractivity contribution in [2.45, 2.75) is 52.0 Å². The van der Waals surface area contributed by atoms with Crippen LogP contribution < -0.4 is 15.4 Å². The van der Waals surface area contributed by atoms with Crippen LogP contribution >= 0.6 is 0 Å². The Hall–Kier alpha value is -2.64. The average molecular weight is 388 g/mol. The van der Waals surface area contributed by atoms with Crippen molar-refractivity contribution in [1.29, 1.82) is 0 Å². The third kappa shape index (κ3) is 3.95. The van der Waals surface area contributed by atoms with Crippen LogP contribution in [-0.4, -0.2) is 46.9 Å². The highest BCUT2D eigenvalue weighted by Gasteiger charge is 2.53. The molecule has 1 saturated carbocycles. The van der Waals surface area contributed by atoms with Gasteiger partial charge in [0.25, 0.3) is 5.91 Å². The first kappa shape index (κ1) is 20.1. The molecule has 1 spiro atoms. The number of anilines is 1. The van der Waals surface area contributed by atoms with E-state index >= 15 is 0 Å². The lowest BCUT2D eigenvalue weighted by atomic mass is 9.67. The molecule has 2 N–H and O–H groups in total. The lowest BCUT2D eigenvalue weighted by molar-refractivity contribution is -0.135. The van der Waals surface area contributed by atoms with E-state index in [1.807, 2.05) is 0 Å². The van der Waals surface area contributed by atoms with Gasteiger partial charge < -0.3 is 15.4 Å². The summed E-state index contributed by atoms with van der Waals surface area (Å²) in [5.74, 6) is 0.200. The van der Waals surface area contributed by atoms with Gasteiger partial charge in [-0.25, -0.2) is 9.78 Å². The van der Waals surface area contributed by atoms with E-state index in [1.54, 1.807) is 12.1 Å². The third-order valence-corrected chi connectivity index (χ3v) is 5.84. The molecular formula is C20H28N4O4. The molecule has 8 heteroatoms. The second-order valence-corrected chi connectivity index (χ2v) is 8.68. The van der Waals surface area contributed by atoms with Gasteiger partial charge in [0.05, 0.1) is 19.0 Å². The molecule has 1 aromatic heterocycles. The van der Waals surface area contributed by atoms with E-state index in [0.717, 1.165) is 17.7 Å². The fraction of sp³-hybridized carbons (Fsp3) is 0.600. The molecule has 0 aromatic carbocycles. The standard InChI is InChI=1S/C20H28N4O4/c1-19(2,3)13-7-9-20(10-8-13)17(26)24(18(27)23-20)12-15(25)22-14-5-6-16(28-4)21-11-14/h5-6,11,13H,7-10,12H2,1-4H3,(H,22,25)(H,23,27). The van der Waals surface area contributed by atoms with E-state index < -0.39 is 17.5 Å². The number of amides is 4. The van der Waals surface area contributed by atoms with E-state index in [4.69, 9.17) is 4.74 Å². The lowest BCUT2D eigenvalue weighted by Crippen LogP contribution is -2.50. The second-order valence-electron chi connectivity index (χ2n) is 8.68. The van der Waals surface area contributed by atoms with Crippen molar-refractivity contribution in [3.63, 3.8) is 0 Å². The molecule has 28 heavy (non-hydrogen) atoms. The first-order valence-electron chi connectivity index (χ1n) is 9.59. The molecule has 2 fully saturated rings. The van der Waals surface area contributed by atoms with Crippen molar-refractivity contribution in [2.24, 2.45) is 11.3 Å². The van der Waals surface area contributed by atoms with Crippen LogP contribution in [0.4, 0.5) is 10.5 Å². The quantitative estimate of drug-likeness (QED) is 0.772. The number of methoxy groups -OCH3 is 1. The summed E-state index contributed by atoms with van der Waals surface area (Å²) in [5.41, 5.74) is -0.210. The van der Waals surface area contributed by atoms with Gasteiger partial charge in [-0.1, -0.05) is 20.8 Å². The fourth-order valence-electron chi connectivity index (χ4n) is 4.05. The molecule has 2 aliphatic rings. The summed E-state index contributed by atoms with van der Waals surface area (Å²) in [4.78, 5) is 42.7. The Balaban J connectivity index is 1.61. The van der Waals surface area contributed by atoms with Gasteiger partial charge >= 0.3 is 6.03 Å². The number of rotatable bonds is 4. The number of hydrogen-bond donors (Lipinski definition) is 2. The number of nitrogens with zero attached hydrogens (tertiary/aromatic N) is 2. The Morgan fingerprint density at radius 2 is 2.00 bits per heavy atom. The minimum Gasteiger partial charge on any atom is -0.481 e. The Bertz CT molecular complexity index is 761. The molecule has 0 unspecified atom stereocenters. The van der Waals surface area contributed by atoms with Crippen molar-refractivity contribution in [3.8, 4) is 5.88 Å². The van der Waals surface area contributed by atoms with Gasteiger partial charge in [-0.05, 0) is 43.1 Å². The number of urea groups is 1. The molecule has 1 aromatic rings. The largest absolute Gasteiger partial charge is 0.481 e. The molecule has 2 heterocycles. The highest BCUT2D eigenvalue weighted by atomic mass is 16.5. The highest BCUT2D eigenvalue weighted by Crippen LogP contribution is 2.43. The van der Waals surface area contributed by atoms with Gasteiger partial charge in [0.15, 0.2) is 0 Å². The number of imide groups is 1. The summed E-state index contributed by atoms with van der Waals surface area (Å²) >= 11 is 0. The van der Waals surface area contributed by atoms with E-state index in [-0.39, 0.29) is 17.9 Å². The van der Waals surface area contributed by atoms with Crippen molar-refractivity contribution in [2.75, 3.05) is 19.0 Å². The summed E-state index contributed by atoms with van der Waals surface area (Å²) in [6.07, 6.45) is 4.44. The molecule has 152 valence electrons. The molecule has 1 saturated heterocycles. The summed E-state index contributed by atoms with van der Waals surface area (Å²) < 4.78 is 4.97. The van der Waals surface area contributed by atoms with E-state index in [1.165, 1.54) is 13.3 Å². The second kappa shape index (κ2) is 7.41. The minimum absolute atomic E-state index is 0.180. The molecule has 8 nitrogen and oxygen atoms in total. The number of carbonyl (C=O) groups excluding carboxylic acids is 3. The lowest BCUT2D eigenvalue weighted by Gasteiger charge is -2.40. The zero-order valence-electron chi connectivity index (χ0n) is 16.9. The summed E-state index contributed by atoms with van der Waals surface area (Å²) in [5, 5.41) is 5.50. The van der Waals surface area contributed by atoms with Crippen LogP contribution in [0.3, 0.4) is 0 Å².